The van der Waals surface area contributed by atoms with E-state index in [1.54, 1.807) is 32.2 Å². The summed E-state index contributed by atoms with van der Waals surface area (Å²) in [6.07, 6.45) is 4.55. The molecular formula is C23H33N5O. The van der Waals surface area contributed by atoms with Gasteiger partial charge in [-0.1, -0.05) is 32.0 Å². The number of aliphatic imine (C=N–C) groups is 1. The van der Waals surface area contributed by atoms with Crippen LogP contribution in [0.2, 0.25) is 0 Å². The lowest BCUT2D eigenvalue weighted by molar-refractivity contribution is 0.0827. The minimum atomic E-state index is 0.0208. The largest absolute Gasteiger partial charge is 0.356 e. The Morgan fingerprint density at radius 2 is 1.97 bits per heavy atom. The zero-order valence-corrected chi connectivity index (χ0v) is 18.1. The van der Waals surface area contributed by atoms with Crippen molar-refractivity contribution in [3.05, 3.63) is 65.5 Å². The molecule has 2 N–H and O–H groups in total. The highest BCUT2D eigenvalue weighted by atomic mass is 16.2. The highest BCUT2D eigenvalue weighted by Crippen LogP contribution is 2.22. The molecule has 0 aliphatic rings. The second-order valence-corrected chi connectivity index (χ2v) is 7.67. The van der Waals surface area contributed by atoms with Gasteiger partial charge in [-0.15, -0.1) is 0 Å². The van der Waals surface area contributed by atoms with Crippen LogP contribution in [0.3, 0.4) is 0 Å². The standard InChI is InChI=1S/C23H33N5O/c1-17(2)21(20-10-7-12-25-15-20)16-27-23(24-3)26-13-11-18-8-6-9-19(14-18)22(29)28(4)5/h6-10,12,14-15,17,21H,11,13,16H2,1-5H3,(H2,24,26,27). The van der Waals surface area contributed by atoms with Gasteiger partial charge in [-0.05, 0) is 41.7 Å². The number of aromatic nitrogens is 1. The van der Waals surface area contributed by atoms with Gasteiger partial charge in [0.1, 0.15) is 0 Å². The predicted molar refractivity (Wildman–Crippen MR) is 119 cm³/mol. The number of guanidine groups is 1. The maximum atomic E-state index is 12.1. The molecule has 6 heteroatoms. The number of carbonyl (C=O) groups is 1. The Morgan fingerprint density at radius 3 is 2.59 bits per heavy atom. The maximum Gasteiger partial charge on any atom is 0.253 e. The van der Waals surface area contributed by atoms with Crippen LogP contribution in [0, 0.1) is 5.92 Å². The van der Waals surface area contributed by atoms with Crippen molar-refractivity contribution in [1.29, 1.82) is 0 Å². The second-order valence-electron chi connectivity index (χ2n) is 7.67. The van der Waals surface area contributed by atoms with Crippen LogP contribution in [-0.4, -0.2) is 56.0 Å². The van der Waals surface area contributed by atoms with Crippen molar-refractivity contribution in [2.75, 3.05) is 34.2 Å². The molecule has 2 rings (SSSR count). The Morgan fingerprint density at radius 1 is 1.17 bits per heavy atom. The topological polar surface area (TPSA) is 69.6 Å². The molecule has 1 unspecified atom stereocenters. The van der Waals surface area contributed by atoms with Crippen LogP contribution >= 0.6 is 0 Å². The number of rotatable bonds is 8. The number of pyridine rings is 1. The summed E-state index contributed by atoms with van der Waals surface area (Å²) in [5, 5.41) is 6.79. The molecule has 0 saturated heterocycles. The van der Waals surface area contributed by atoms with E-state index in [9.17, 15) is 4.79 Å². The molecule has 156 valence electrons. The van der Waals surface area contributed by atoms with Crippen LogP contribution in [0.1, 0.15) is 41.3 Å². The van der Waals surface area contributed by atoms with Gasteiger partial charge >= 0.3 is 0 Å². The molecule has 0 spiro atoms. The SMILES string of the molecule is CN=C(NCCc1cccc(C(=O)N(C)C)c1)NCC(c1cccnc1)C(C)C. The Bertz CT molecular complexity index is 802. The Kier molecular flexibility index (Phi) is 8.65. The number of hydrogen-bond donors (Lipinski definition) is 2. The first-order valence-electron chi connectivity index (χ1n) is 10.1. The third kappa shape index (κ3) is 6.89. The smallest absolute Gasteiger partial charge is 0.253 e. The molecule has 1 aromatic carbocycles. The summed E-state index contributed by atoms with van der Waals surface area (Å²) in [5.74, 6) is 1.64. The van der Waals surface area contributed by atoms with Crippen LogP contribution in [0.5, 0.6) is 0 Å². The number of hydrogen-bond acceptors (Lipinski definition) is 3. The van der Waals surface area contributed by atoms with E-state index in [1.165, 1.54) is 5.56 Å². The van der Waals surface area contributed by atoms with Gasteiger partial charge in [0, 0.05) is 58.1 Å². The van der Waals surface area contributed by atoms with E-state index in [4.69, 9.17) is 0 Å². The molecule has 0 bridgehead atoms. The number of nitrogens with zero attached hydrogens (tertiary/aromatic N) is 3. The number of benzene rings is 1. The first-order chi connectivity index (χ1) is 13.9. The van der Waals surface area contributed by atoms with Gasteiger partial charge < -0.3 is 15.5 Å². The normalized spacial score (nSPS) is 12.6. The highest BCUT2D eigenvalue weighted by molar-refractivity contribution is 5.94. The molecular weight excluding hydrogens is 362 g/mol. The fraction of sp³-hybridized carbons (Fsp3) is 0.435. The average Bonchev–Trinajstić information content (AvgIpc) is 2.72. The first-order valence-corrected chi connectivity index (χ1v) is 10.1. The first kappa shape index (κ1) is 22.4. The van der Waals surface area contributed by atoms with Gasteiger partial charge in [-0.25, -0.2) is 0 Å². The van der Waals surface area contributed by atoms with Crippen molar-refractivity contribution >= 4 is 11.9 Å². The monoisotopic (exact) mass is 395 g/mol. The summed E-state index contributed by atoms with van der Waals surface area (Å²) in [6, 6.07) is 11.9. The predicted octanol–water partition coefficient (Wildman–Crippen LogP) is 2.93. The summed E-state index contributed by atoms with van der Waals surface area (Å²) >= 11 is 0. The van der Waals surface area contributed by atoms with E-state index in [1.807, 2.05) is 36.5 Å². The number of amides is 1. The third-order valence-electron chi connectivity index (χ3n) is 4.92. The van der Waals surface area contributed by atoms with Gasteiger partial charge in [0.2, 0.25) is 0 Å². The van der Waals surface area contributed by atoms with E-state index in [-0.39, 0.29) is 5.91 Å². The summed E-state index contributed by atoms with van der Waals surface area (Å²) in [4.78, 5) is 22.3. The van der Waals surface area contributed by atoms with Gasteiger partial charge in [-0.2, -0.15) is 0 Å². The molecule has 1 amide bonds. The lowest BCUT2D eigenvalue weighted by Gasteiger charge is -2.23. The van der Waals surface area contributed by atoms with Gasteiger partial charge in [0.25, 0.3) is 5.91 Å². The minimum absolute atomic E-state index is 0.0208. The summed E-state index contributed by atoms with van der Waals surface area (Å²) < 4.78 is 0. The number of carbonyl (C=O) groups excluding carboxylic acids is 1. The van der Waals surface area contributed by atoms with Crippen LogP contribution in [-0.2, 0) is 6.42 Å². The van der Waals surface area contributed by atoms with E-state index in [0.29, 0.717) is 17.4 Å². The maximum absolute atomic E-state index is 12.1. The Balaban J connectivity index is 1.88. The molecule has 6 nitrogen and oxygen atoms in total. The molecule has 1 heterocycles. The third-order valence-corrected chi connectivity index (χ3v) is 4.92. The Labute approximate surface area is 174 Å². The van der Waals surface area contributed by atoms with Crippen molar-refractivity contribution in [2.24, 2.45) is 10.9 Å². The van der Waals surface area contributed by atoms with Crippen LogP contribution in [0.25, 0.3) is 0 Å². The highest BCUT2D eigenvalue weighted by Gasteiger charge is 2.16. The van der Waals surface area contributed by atoms with Crippen molar-refractivity contribution in [3.8, 4) is 0 Å². The quantitative estimate of drug-likeness (QED) is 0.533. The van der Waals surface area contributed by atoms with Crippen LogP contribution in [0.4, 0.5) is 0 Å². The van der Waals surface area contributed by atoms with Crippen molar-refractivity contribution < 1.29 is 4.79 Å². The lowest BCUT2D eigenvalue weighted by atomic mass is 9.89. The van der Waals surface area contributed by atoms with E-state index < -0.39 is 0 Å². The van der Waals surface area contributed by atoms with Gasteiger partial charge in [-0.3, -0.25) is 14.8 Å². The van der Waals surface area contributed by atoms with E-state index >= 15 is 0 Å². The van der Waals surface area contributed by atoms with Crippen molar-refractivity contribution in [2.45, 2.75) is 26.2 Å². The summed E-state index contributed by atoms with van der Waals surface area (Å²) in [7, 11) is 5.31. The molecule has 0 radical (unpaired) electrons. The lowest BCUT2D eigenvalue weighted by Crippen LogP contribution is -2.40. The molecule has 0 aliphatic heterocycles. The number of nitrogens with one attached hydrogen (secondary N) is 2. The molecule has 1 aromatic heterocycles. The fourth-order valence-corrected chi connectivity index (χ4v) is 3.20. The second kappa shape index (κ2) is 11.2. The van der Waals surface area contributed by atoms with E-state index in [2.05, 4.69) is 40.5 Å². The van der Waals surface area contributed by atoms with Crippen LogP contribution < -0.4 is 10.6 Å². The zero-order valence-electron chi connectivity index (χ0n) is 18.1. The molecule has 1 atom stereocenters. The molecule has 0 saturated carbocycles. The van der Waals surface area contributed by atoms with Gasteiger partial charge in [0.05, 0.1) is 0 Å². The minimum Gasteiger partial charge on any atom is -0.356 e. The molecule has 0 fully saturated rings. The average molecular weight is 396 g/mol. The van der Waals surface area contributed by atoms with Crippen molar-refractivity contribution in [3.63, 3.8) is 0 Å². The Hall–Kier alpha value is -2.89. The molecule has 29 heavy (non-hydrogen) atoms. The molecule has 0 aliphatic carbocycles. The van der Waals surface area contributed by atoms with Crippen molar-refractivity contribution in [1.82, 2.24) is 20.5 Å². The summed E-state index contributed by atoms with van der Waals surface area (Å²) in [6.45, 7) is 5.96. The molecule has 2 aromatic rings. The van der Waals surface area contributed by atoms with Gasteiger partial charge in [0.15, 0.2) is 5.96 Å². The fourth-order valence-electron chi connectivity index (χ4n) is 3.20. The zero-order chi connectivity index (χ0) is 21.2. The van der Waals surface area contributed by atoms with Crippen LogP contribution in [0.15, 0.2) is 53.8 Å². The summed E-state index contributed by atoms with van der Waals surface area (Å²) in [5.41, 5.74) is 3.06. The van der Waals surface area contributed by atoms with E-state index in [0.717, 1.165) is 31.0 Å².